The van der Waals surface area contributed by atoms with Crippen LogP contribution in [0.15, 0.2) is 52.9 Å². The molecule has 4 rings (SSSR count). The number of halogens is 1. The summed E-state index contributed by atoms with van der Waals surface area (Å²) in [5.74, 6) is -0.707. The molecule has 1 N–H and O–H groups in total. The van der Waals surface area contributed by atoms with Gasteiger partial charge in [-0.3, -0.25) is 9.59 Å². The molecule has 2 heterocycles. The molecule has 0 unspecified atom stereocenters. The minimum absolute atomic E-state index is 0.121. The van der Waals surface area contributed by atoms with Crippen molar-refractivity contribution in [3.05, 3.63) is 60.1 Å². The van der Waals surface area contributed by atoms with Crippen LogP contribution in [-0.4, -0.2) is 42.9 Å². The number of rotatable bonds is 3. The van der Waals surface area contributed by atoms with Crippen LogP contribution in [0.25, 0.3) is 11.0 Å². The zero-order valence-electron chi connectivity index (χ0n) is 15.4. The van der Waals surface area contributed by atoms with Crippen molar-refractivity contribution in [3.63, 3.8) is 0 Å². The van der Waals surface area contributed by atoms with Crippen LogP contribution in [0.5, 0.6) is 0 Å². The van der Waals surface area contributed by atoms with E-state index in [1.807, 2.05) is 17.0 Å². The van der Waals surface area contributed by atoms with Gasteiger partial charge in [0, 0.05) is 38.5 Å². The van der Waals surface area contributed by atoms with E-state index >= 15 is 0 Å². The van der Waals surface area contributed by atoms with Gasteiger partial charge in [-0.15, -0.1) is 0 Å². The zero-order valence-corrected chi connectivity index (χ0v) is 15.4. The number of piperazine rings is 1. The van der Waals surface area contributed by atoms with E-state index in [2.05, 4.69) is 5.32 Å². The number of nitrogens with one attached hydrogen (secondary N) is 1. The Morgan fingerprint density at radius 2 is 1.68 bits per heavy atom. The highest BCUT2D eigenvalue weighted by Crippen LogP contribution is 2.32. The number of furan rings is 1. The van der Waals surface area contributed by atoms with Gasteiger partial charge in [0.05, 0.1) is 5.69 Å². The minimum Gasteiger partial charge on any atom is -0.449 e. The Morgan fingerprint density at radius 1 is 1.00 bits per heavy atom. The van der Waals surface area contributed by atoms with Gasteiger partial charge in [-0.2, -0.15) is 0 Å². The highest BCUT2D eigenvalue weighted by molar-refractivity contribution is 6.10. The summed E-state index contributed by atoms with van der Waals surface area (Å²) in [6, 6.07) is 13.8. The van der Waals surface area contributed by atoms with Gasteiger partial charge in [-0.25, -0.2) is 4.39 Å². The molecule has 0 bridgehead atoms. The number of anilines is 2. The van der Waals surface area contributed by atoms with Crippen LogP contribution in [-0.2, 0) is 4.79 Å². The lowest BCUT2D eigenvalue weighted by Gasteiger charge is -2.35. The summed E-state index contributed by atoms with van der Waals surface area (Å²) in [5, 5.41) is 3.40. The second-order valence-corrected chi connectivity index (χ2v) is 6.71. The number of carbonyl (C=O) groups is 2. The maximum atomic E-state index is 14.0. The second kappa shape index (κ2) is 7.34. The summed E-state index contributed by atoms with van der Waals surface area (Å²) in [6.07, 6.45) is 0. The van der Waals surface area contributed by atoms with Crippen LogP contribution < -0.4 is 10.2 Å². The van der Waals surface area contributed by atoms with Crippen LogP contribution in [0.1, 0.15) is 17.5 Å². The Balaban J connectivity index is 1.56. The average Bonchev–Trinajstić information content (AvgIpc) is 3.06. The minimum atomic E-state index is -0.284. The van der Waals surface area contributed by atoms with Gasteiger partial charge in [0.2, 0.25) is 11.7 Å². The fourth-order valence-electron chi connectivity index (χ4n) is 3.50. The van der Waals surface area contributed by atoms with E-state index < -0.39 is 0 Å². The van der Waals surface area contributed by atoms with E-state index in [4.69, 9.17) is 4.42 Å². The smallest absolute Gasteiger partial charge is 0.291 e. The molecule has 1 fully saturated rings. The maximum absolute atomic E-state index is 14.0. The van der Waals surface area contributed by atoms with Gasteiger partial charge in [-0.1, -0.05) is 24.3 Å². The van der Waals surface area contributed by atoms with Crippen LogP contribution in [0, 0.1) is 5.82 Å². The Morgan fingerprint density at radius 3 is 2.39 bits per heavy atom. The fourth-order valence-corrected chi connectivity index (χ4v) is 3.50. The molecule has 0 saturated carbocycles. The molecule has 6 nitrogen and oxygen atoms in total. The highest BCUT2D eigenvalue weighted by atomic mass is 19.1. The van der Waals surface area contributed by atoms with E-state index in [0.717, 1.165) is 0 Å². The number of hydrogen-bond acceptors (Lipinski definition) is 4. The van der Waals surface area contributed by atoms with E-state index in [0.29, 0.717) is 48.5 Å². The predicted molar refractivity (Wildman–Crippen MR) is 105 cm³/mol. The molecule has 2 aromatic carbocycles. The standard InChI is InChI=1S/C21H20FN3O3/c1-14(26)23-19-15-6-2-5-9-18(15)28-20(19)21(27)25-12-10-24(11-13-25)17-8-4-3-7-16(17)22/h2-9H,10-13H2,1H3,(H,23,26). The van der Waals surface area contributed by atoms with Crippen molar-refractivity contribution in [2.75, 3.05) is 36.4 Å². The van der Waals surface area contributed by atoms with E-state index in [9.17, 15) is 14.0 Å². The van der Waals surface area contributed by atoms with E-state index in [-0.39, 0.29) is 23.4 Å². The van der Waals surface area contributed by atoms with E-state index in [1.165, 1.54) is 13.0 Å². The summed E-state index contributed by atoms with van der Waals surface area (Å²) >= 11 is 0. The molecule has 1 saturated heterocycles. The number of para-hydroxylation sites is 2. The van der Waals surface area contributed by atoms with Crippen molar-refractivity contribution in [3.8, 4) is 0 Å². The molecule has 1 aromatic heterocycles. The molecule has 2 amide bonds. The topological polar surface area (TPSA) is 65.8 Å². The van der Waals surface area contributed by atoms with Crippen molar-refractivity contribution in [1.82, 2.24) is 4.90 Å². The molecule has 1 aliphatic rings. The Bertz CT molecular complexity index is 1040. The van der Waals surface area contributed by atoms with Crippen molar-refractivity contribution >= 4 is 34.2 Å². The Labute approximate surface area is 161 Å². The van der Waals surface area contributed by atoms with Gasteiger partial charge < -0.3 is 19.5 Å². The third-order valence-corrected chi connectivity index (χ3v) is 4.85. The van der Waals surface area contributed by atoms with Crippen molar-refractivity contribution in [2.45, 2.75) is 6.92 Å². The number of hydrogen-bond donors (Lipinski definition) is 1. The molecule has 7 heteroatoms. The zero-order chi connectivity index (χ0) is 19.7. The number of nitrogens with zero attached hydrogens (tertiary/aromatic N) is 2. The van der Waals surface area contributed by atoms with Gasteiger partial charge in [-0.05, 0) is 24.3 Å². The van der Waals surface area contributed by atoms with Crippen LogP contribution in [0.4, 0.5) is 15.8 Å². The largest absolute Gasteiger partial charge is 0.449 e. The second-order valence-electron chi connectivity index (χ2n) is 6.71. The lowest BCUT2D eigenvalue weighted by molar-refractivity contribution is -0.114. The third kappa shape index (κ3) is 3.31. The molecule has 28 heavy (non-hydrogen) atoms. The van der Waals surface area contributed by atoms with Gasteiger partial charge in [0.1, 0.15) is 17.1 Å². The lowest BCUT2D eigenvalue weighted by atomic mass is 10.2. The molecule has 3 aromatic rings. The first kappa shape index (κ1) is 18.0. The predicted octanol–water partition coefficient (Wildman–Crippen LogP) is 3.49. The first-order valence-electron chi connectivity index (χ1n) is 9.12. The summed E-state index contributed by atoms with van der Waals surface area (Å²) < 4.78 is 19.8. The monoisotopic (exact) mass is 381 g/mol. The normalized spacial score (nSPS) is 14.4. The molecular formula is C21H20FN3O3. The highest BCUT2D eigenvalue weighted by Gasteiger charge is 2.29. The molecule has 144 valence electrons. The lowest BCUT2D eigenvalue weighted by Crippen LogP contribution is -2.49. The number of amides is 2. The SMILES string of the molecule is CC(=O)Nc1c(C(=O)N2CCN(c3ccccc3F)CC2)oc2ccccc12. The van der Waals surface area contributed by atoms with E-state index in [1.54, 1.807) is 35.2 Å². The third-order valence-electron chi connectivity index (χ3n) is 4.85. The van der Waals surface area contributed by atoms with Crippen LogP contribution >= 0.6 is 0 Å². The van der Waals surface area contributed by atoms with Crippen LogP contribution in [0.3, 0.4) is 0 Å². The summed E-state index contributed by atoms with van der Waals surface area (Å²) in [7, 11) is 0. The number of fused-ring (bicyclic) bond motifs is 1. The van der Waals surface area contributed by atoms with Crippen LogP contribution in [0.2, 0.25) is 0 Å². The Hall–Kier alpha value is -3.35. The van der Waals surface area contributed by atoms with Gasteiger partial charge >= 0.3 is 0 Å². The molecular weight excluding hydrogens is 361 g/mol. The molecule has 0 aliphatic carbocycles. The number of carbonyl (C=O) groups excluding carboxylic acids is 2. The van der Waals surface area contributed by atoms with Gasteiger partial charge in [0.15, 0.2) is 0 Å². The molecule has 0 radical (unpaired) electrons. The quantitative estimate of drug-likeness (QED) is 0.754. The van der Waals surface area contributed by atoms with Crippen molar-refractivity contribution < 1.29 is 18.4 Å². The molecule has 1 aliphatic heterocycles. The summed E-state index contributed by atoms with van der Waals surface area (Å²) in [4.78, 5) is 28.3. The van der Waals surface area contributed by atoms with Gasteiger partial charge in [0.25, 0.3) is 5.91 Å². The summed E-state index contributed by atoms with van der Waals surface area (Å²) in [5.41, 5.74) is 1.47. The average molecular weight is 381 g/mol. The Kier molecular flexibility index (Phi) is 4.73. The molecule has 0 atom stereocenters. The maximum Gasteiger partial charge on any atom is 0.291 e. The summed E-state index contributed by atoms with van der Waals surface area (Å²) in [6.45, 7) is 3.29. The fraction of sp³-hybridized carbons (Fsp3) is 0.238. The first-order valence-corrected chi connectivity index (χ1v) is 9.12. The first-order chi connectivity index (χ1) is 13.5. The molecule has 0 spiro atoms. The van der Waals surface area contributed by atoms with Crippen molar-refractivity contribution in [2.24, 2.45) is 0 Å². The van der Waals surface area contributed by atoms with Crippen molar-refractivity contribution in [1.29, 1.82) is 0 Å². The number of benzene rings is 2.